The van der Waals surface area contributed by atoms with E-state index in [-0.39, 0.29) is 6.10 Å². The van der Waals surface area contributed by atoms with E-state index in [1.807, 2.05) is 26.0 Å². The Morgan fingerprint density at radius 3 is 2.45 bits per heavy atom. The van der Waals surface area contributed by atoms with Gasteiger partial charge in [-0.05, 0) is 32.3 Å². The van der Waals surface area contributed by atoms with Gasteiger partial charge in [-0.3, -0.25) is 0 Å². The number of pyridine rings is 1. The first kappa shape index (κ1) is 16.1. The second-order valence-corrected chi connectivity index (χ2v) is 5.26. The minimum Gasteiger partial charge on any atom is -0.475 e. The molecule has 1 N–H and O–H groups in total. The monoisotopic (exact) mass is 301 g/mol. The fraction of sp³-hybridized carbons (Fsp3) is 0.500. The number of nitrogens with zero attached hydrogens (tertiary/aromatic N) is 4. The van der Waals surface area contributed by atoms with Gasteiger partial charge < -0.3 is 10.1 Å². The molecular formula is C16H23N5O. The van der Waals surface area contributed by atoms with Crippen LogP contribution in [-0.2, 0) is 19.4 Å². The van der Waals surface area contributed by atoms with Gasteiger partial charge in [-0.2, -0.15) is 5.10 Å². The highest BCUT2D eigenvalue weighted by molar-refractivity contribution is 5.28. The lowest BCUT2D eigenvalue weighted by atomic mass is 10.2. The van der Waals surface area contributed by atoms with E-state index < -0.39 is 0 Å². The van der Waals surface area contributed by atoms with E-state index in [0.717, 1.165) is 29.8 Å². The first-order valence-electron chi connectivity index (χ1n) is 7.70. The van der Waals surface area contributed by atoms with E-state index >= 15 is 0 Å². The largest absolute Gasteiger partial charge is 0.475 e. The lowest BCUT2D eigenvalue weighted by Crippen LogP contribution is -2.10. The van der Waals surface area contributed by atoms with E-state index in [9.17, 15) is 0 Å². The highest BCUT2D eigenvalue weighted by Gasteiger charge is 2.06. The van der Waals surface area contributed by atoms with Crippen LogP contribution in [0.5, 0.6) is 5.88 Å². The van der Waals surface area contributed by atoms with Crippen molar-refractivity contribution < 1.29 is 4.74 Å². The summed E-state index contributed by atoms with van der Waals surface area (Å²) in [4.78, 5) is 8.78. The lowest BCUT2D eigenvalue weighted by molar-refractivity contribution is 0.232. The number of aryl methyl sites for hydroxylation is 2. The smallest absolute Gasteiger partial charge is 0.243 e. The summed E-state index contributed by atoms with van der Waals surface area (Å²) < 4.78 is 5.52. The molecule has 0 radical (unpaired) electrons. The first-order valence-corrected chi connectivity index (χ1v) is 7.70. The maximum Gasteiger partial charge on any atom is 0.243 e. The van der Waals surface area contributed by atoms with Gasteiger partial charge >= 0.3 is 0 Å². The highest BCUT2D eigenvalue weighted by atomic mass is 16.5. The number of rotatable bonds is 7. The average Bonchev–Trinajstić information content (AvgIpc) is 2.53. The van der Waals surface area contributed by atoms with Crippen molar-refractivity contribution in [3.63, 3.8) is 0 Å². The third-order valence-corrected chi connectivity index (χ3v) is 3.11. The van der Waals surface area contributed by atoms with Gasteiger partial charge in [0, 0.05) is 18.8 Å². The Balaban J connectivity index is 1.97. The molecule has 0 amide bonds. The number of ether oxygens (including phenoxy) is 1. The highest BCUT2D eigenvalue weighted by Crippen LogP contribution is 2.11. The molecule has 0 bridgehead atoms. The van der Waals surface area contributed by atoms with Crippen molar-refractivity contribution in [3.8, 4) is 5.88 Å². The van der Waals surface area contributed by atoms with Crippen LogP contribution in [0, 0.1) is 0 Å². The quantitative estimate of drug-likeness (QED) is 0.847. The second-order valence-electron chi connectivity index (χ2n) is 5.26. The zero-order chi connectivity index (χ0) is 15.9. The van der Waals surface area contributed by atoms with Gasteiger partial charge in [0.25, 0.3) is 0 Å². The Morgan fingerprint density at radius 2 is 1.86 bits per heavy atom. The Bertz CT molecular complexity index is 598. The predicted octanol–water partition coefficient (Wildman–Crippen LogP) is 2.79. The minimum absolute atomic E-state index is 0.125. The minimum atomic E-state index is 0.125. The molecule has 118 valence electrons. The summed E-state index contributed by atoms with van der Waals surface area (Å²) >= 11 is 0. The van der Waals surface area contributed by atoms with Gasteiger partial charge in [0.1, 0.15) is 0 Å². The average molecular weight is 301 g/mol. The number of anilines is 1. The van der Waals surface area contributed by atoms with Gasteiger partial charge in [-0.25, -0.2) is 9.97 Å². The molecule has 0 unspecified atom stereocenters. The van der Waals surface area contributed by atoms with Crippen LogP contribution in [0.25, 0.3) is 0 Å². The summed E-state index contributed by atoms with van der Waals surface area (Å²) in [5.74, 6) is 1.19. The number of hydrogen-bond acceptors (Lipinski definition) is 6. The van der Waals surface area contributed by atoms with Crippen molar-refractivity contribution in [2.45, 2.75) is 53.2 Å². The van der Waals surface area contributed by atoms with Crippen molar-refractivity contribution in [2.75, 3.05) is 5.32 Å². The summed E-state index contributed by atoms with van der Waals surface area (Å²) in [6.45, 7) is 8.69. The van der Waals surface area contributed by atoms with Crippen LogP contribution in [0.3, 0.4) is 0 Å². The molecule has 0 spiro atoms. The number of hydrogen-bond donors (Lipinski definition) is 1. The van der Waals surface area contributed by atoms with Crippen LogP contribution in [-0.4, -0.2) is 26.3 Å². The van der Waals surface area contributed by atoms with Gasteiger partial charge in [-0.15, -0.1) is 5.10 Å². The van der Waals surface area contributed by atoms with Crippen LogP contribution in [0.4, 0.5) is 5.95 Å². The van der Waals surface area contributed by atoms with Crippen molar-refractivity contribution >= 4 is 5.95 Å². The van der Waals surface area contributed by atoms with Crippen molar-refractivity contribution in [1.29, 1.82) is 0 Å². The Hall–Kier alpha value is -2.24. The SMILES string of the molecule is CCc1nnc(NCc2ccc(OC(C)C)nc2)nc1CC. The topological polar surface area (TPSA) is 72.8 Å². The Morgan fingerprint density at radius 1 is 1.09 bits per heavy atom. The standard InChI is InChI=1S/C16H23N5O/c1-5-13-14(6-2)20-21-16(19-13)18-10-12-7-8-15(17-9-12)22-11(3)4/h7-9,11H,5-6,10H2,1-4H3,(H,18,19,21). The van der Waals surface area contributed by atoms with E-state index in [1.54, 1.807) is 6.20 Å². The molecule has 0 aromatic carbocycles. The van der Waals surface area contributed by atoms with Gasteiger partial charge in [0.2, 0.25) is 11.8 Å². The molecule has 0 saturated heterocycles. The molecule has 0 aliphatic carbocycles. The number of aromatic nitrogens is 4. The lowest BCUT2D eigenvalue weighted by Gasteiger charge is -2.10. The maximum atomic E-state index is 5.52. The van der Waals surface area contributed by atoms with Crippen LogP contribution in [0.15, 0.2) is 18.3 Å². The summed E-state index contributed by atoms with van der Waals surface area (Å²) in [5, 5.41) is 11.5. The molecule has 0 aliphatic rings. The molecule has 0 aliphatic heterocycles. The molecule has 0 saturated carbocycles. The summed E-state index contributed by atoms with van der Waals surface area (Å²) in [7, 11) is 0. The van der Waals surface area contributed by atoms with Crippen LogP contribution >= 0.6 is 0 Å². The maximum absolute atomic E-state index is 5.52. The third-order valence-electron chi connectivity index (χ3n) is 3.11. The molecule has 6 heteroatoms. The molecule has 2 heterocycles. The summed E-state index contributed by atoms with van der Waals surface area (Å²) in [6.07, 6.45) is 3.63. The van der Waals surface area contributed by atoms with Gasteiger partial charge in [-0.1, -0.05) is 19.9 Å². The van der Waals surface area contributed by atoms with E-state index in [2.05, 4.69) is 39.3 Å². The normalized spacial score (nSPS) is 10.8. The predicted molar refractivity (Wildman–Crippen MR) is 85.9 cm³/mol. The van der Waals surface area contributed by atoms with Crippen LogP contribution < -0.4 is 10.1 Å². The Kier molecular flexibility index (Phi) is 5.63. The van der Waals surface area contributed by atoms with Gasteiger partial charge in [0.15, 0.2) is 0 Å². The zero-order valence-corrected chi connectivity index (χ0v) is 13.6. The fourth-order valence-corrected chi connectivity index (χ4v) is 2.02. The fourth-order valence-electron chi connectivity index (χ4n) is 2.02. The molecule has 22 heavy (non-hydrogen) atoms. The van der Waals surface area contributed by atoms with Crippen LogP contribution in [0.2, 0.25) is 0 Å². The van der Waals surface area contributed by atoms with E-state index in [4.69, 9.17) is 4.74 Å². The summed E-state index contributed by atoms with van der Waals surface area (Å²) in [5.41, 5.74) is 3.00. The molecule has 2 rings (SSSR count). The Labute approximate surface area is 131 Å². The molecule has 2 aromatic rings. The van der Waals surface area contributed by atoms with Crippen molar-refractivity contribution in [2.24, 2.45) is 0 Å². The molecule has 6 nitrogen and oxygen atoms in total. The zero-order valence-electron chi connectivity index (χ0n) is 13.6. The third kappa shape index (κ3) is 4.38. The summed E-state index contributed by atoms with van der Waals surface area (Å²) in [6, 6.07) is 3.85. The van der Waals surface area contributed by atoms with Crippen LogP contribution in [0.1, 0.15) is 44.6 Å². The van der Waals surface area contributed by atoms with Gasteiger partial charge in [0.05, 0.1) is 17.5 Å². The molecule has 0 atom stereocenters. The molecule has 0 fully saturated rings. The number of nitrogens with one attached hydrogen (secondary N) is 1. The molecule has 2 aromatic heterocycles. The first-order chi connectivity index (χ1) is 10.6. The second kappa shape index (κ2) is 7.68. The van der Waals surface area contributed by atoms with Crippen molar-refractivity contribution in [1.82, 2.24) is 20.2 Å². The van der Waals surface area contributed by atoms with Crippen molar-refractivity contribution in [3.05, 3.63) is 35.3 Å². The molecular weight excluding hydrogens is 278 g/mol. The van der Waals surface area contributed by atoms with E-state index in [1.165, 1.54) is 0 Å². The van der Waals surface area contributed by atoms with E-state index in [0.29, 0.717) is 18.4 Å².